The molecule has 0 saturated heterocycles. The van der Waals surface area contributed by atoms with Crippen molar-refractivity contribution in [2.75, 3.05) is 13.1 Å². The summed E-state index contributed by atoms with van der Waals surface area (Å²) >= 11 is 0. The van der Waals surface area contributed by atoms with Gasteiger partial charge in [-0.1, -0.05) is 11.6 Å². The molecule has 0 spiro atoms. The molecule has 0 radical (unpaired) electrons. The maximum Gasteiger partial charge on any atom is 0.407 e. The standard InChI is InChI=1S/C12H22N2O2/c1-9-6-5-7-13-10(9)8-14-11(15)16-12(2,3)4/h6,10,13H,5,7-8H2,1-4H3,(H,14,15)/t10-/m1/s1. The fraction of sp³-hybridized carbons (Fsp3) is 0.750. The molecule has 0 saturated carbocycles. The smallest absolute Gasteiger partial charge is 0.407 e. The topological polar surface area (TPSA) is 50.4 Å². The highest BCUT2D eigenvalue weighted by Gasteiger charge is 2.18. The van der Waals surface area contributed by atoms with E-state index in [-0.39, 0.29) is 12.1 Å². The Balaban J connectivity index is 2.31. The van der Waals surface area contributed by atoms with Crippen molar-refractivity contribution in [1.82, 2.24) is 10.6 Å². The van der Waals surface area contributed by atoms with E-state index in [0.29, 0.717) is 6.54 Å². The van der Waals surface area contributed by atoms with Gasteiger partial charge >= 0.3 is 6.09 Å². The quantitative estimate of drug-likeness (QED) is 0.706. The van der Waals surface area contributed by atoms with Crippen LogP contribution in [0.15, 0.2) is 11.6 Å². The van der Waals surface area contributed by atoms with Crippen LogP contribution in [0.2, 0.25) is 0 Å². The van der Waals surface area contributed by atoms with Crippen LogP contribution in [0.3, 0.4) is 0 Å². The molecule has 2 N–H and O–H groups in total. The first kappa shape index (κ1) is 13.0. The highest BCUT2D eigenvalue weighted by molar-refractivity contribution is 5.67. The van der Waals surface area contributed by atoms with Gasteiger partial charge in [0.05, 0.1) is 0 Å². The number of carbonyl (C=O) groups excluding carboxylic acids is 1. The van der Waals surface area contributed by atoms with E-state index in [0.717, 1.165) is 13.0 Å². The predicted octanol–water partition coefficient (Wildman–Crippen LogP) is 1.82. The van der Waals surface area contributed by atoms with Crippen LogP contribution in [0.25, 0.3) is 0 Å². The van der Waals surface area contributed by atoms with Crippen molar-refractivity contribution in [2.24, 2.45) is 0 Å². The van der Waals surface area contributed by atoms with Crippen LogP contribution in [-0.4, -0.2) is 30.8 Å². The summed E-state index contributed by atoms with van der Waals surface area (Å²) < 4.78 is 5.17. The van der Waals surface area contributed by atoms with Crippen molar-refractivity contribution in [3.63, 3.8) is 0 Å². The van der Waals surface area contributed by atoms with E-state index in [1.54, 1.807) is 0 Å². The molecule has 0 aliphatic carbocycles. The van der Waals surface area contributed by atoms with Gasteiger partial charge in [0.2, 0.25) is 0 Å². The minimum atomic E-state index is -0.436. The molecule has 92 valence electrons. The van der Waals surface area contributed by atoms with Crippen molar-refractivity contribution in [3.05, 3.63) is 11.6 Å². The third-order valence-corrected chi connectivity index (χ3v) is 2.40. The van der Waals surface area contributed by atoms with Gasteiger partial charge < -0.3 is 15.4 Å². The average molecular weight is 226 g/mol. The molecular formula is C12H22N2O2. The van der Waals surface area contributed by atoms with E-state index in [1.807, 2.05) is 20.8 Å². The fourth-order valence-corrected chi connectivity index (χ4v) is 1.59. The molecule has 0 aromatic heterocycles. The zero-order valence-electron chi connectivity index (χ0n) is 10.6. The third-order valence-electron chi connectivity index (χ3n) is 2.40. The molecule has 1 atom stereocenters. The first-order valence-electron chi connectivity index (χ1n) is 5.75. The van der Waals surface area contributed by atoms with Crippen LogP contribution in [0.1, 0.15) is 34.1 Å². The summed E-state index contributed by atoms with van der Waals surface area (Å²) in [5.41, 5.74) is 0.844. The summed E-state index contributed by atoms with van der Waals surface area (Å²) in [5.74, 6) is 0. The molecule has 0 aromatic carbocycles. The fourth-order valence-electron chi connectivity index (χ4n) is 1.59. The summed E-state index contributed by atoms with van der Waals surface area (Å²) in [6, 6.07) is 0.237. The lowest BCUT2D eigenvalue weighted by molar-refractivity contribution is 0.0524. The van der Waals surface area contributed by atoms with Crippen molar-refractivity contribution < 1.29 is 9.53 Å². The molecular weight excluding hydrogens is 204 g/mol. The van der Waals surface area contributed by atoms with Crippen LogP contribution in [0.4, 0.5) is 4.79 Å². The summed E-state index contributed by atoms with van der Waals surface area (Å²) in [7, 11) is 0. The zero-order valence-corrected chi connectivity index (χ0v) is 10.6. The minimum Gasteiger partial charge on any atom is -0.444 e. The van der Waals surface area contributed by atoms with Gasteiger partial charge in [0.25, 0.3) is 0 Å². The number of hydrogen-bond acceptors (Lipinski definition) is 3. The molecule has 0 bridgehead atoms. The van der Waals surface area contributed by atoms with E-state index < -0.39 is 5.60 Å². The second-order valence-electron chi connectivity index (χ2n) is 5.13. The molecule has 0 unspecified atom stereocenters. The predicted molar refractivity (Wildman–Crippen MR) is 64.4 cm³/mol. The lowest BCUT2D eigenvalue weighted by Gasteiger charge is -2.25. The Bertz CT molecular complexity index is 279. The molecule has 4 heteroatoms. The first-order valence-corrected chi connectivity index (χ1v) is 5.75. The van der Waals surface area contributed by atoms with Gasteiger partial charge in [-0.05, 0) is 40.7 Å². The number of amides is 1. The maximum atomic E-state index is 11.4. The van der Waals surface area contributed by atoms with Crippen LogP contribution in [0, 0.1) is 0 Å². The van der Waals surface area contributed by atoms with Gasteiger partial charge in [-0.15, -0.1) is 0 Å². The minimum absolute atomic E-state index is 0.237. The highest BCUT2D eigenvalue weighted by atomic mass is 16.6. The Morgan fingerprint density at radius 2 is 2.31 bits per heavy atom. The van der Waals surface area contributed by atoms with Crippen molar-refractivity contribution in [2.45, 2.75) is 45.8 Å². The molecule has 1 aliphatic rings. The van der Waals surface area contributed by atoms with Gasteiger partial charge in [0.15, 0.2) is 0 Å². The normalized spacial score (nSPS) is 21.2. The molecule has 1 heterocycles. The Labute approximate surface area is 97.4 Å². The second kappa shape index (κ2) is 5.34. The number of rotatable bonds is 2. The van der Waals surface area contributed by atoms with Gasteiger partial charge in [-0.3, -0.25) is 0 Å². The Morgan fingerprint density at radius 1 is 1.62 bits per heavy atom. The lowest BCUT2D eigenvalue weighted by atomic mass is 10.0. The molecule has 1 aliphatic heterocycles. The molecule has 16 heavy (non-hydrogen) atoms. The largest absolute Gasteiger partial charge is 0.444 e. The van der Waals surface area contributed by atoms with Crippen molar-refractivity contribution in [3.8, 4) is 0 Å². The average Bonchev–Trinajstić information content (AvgIpc) is 2.14. The van der Waals surface area contributed by atoms with Crippen LogP contribution >= 0.6 is 0 Å². The van der Waals surface area contributed by atoms with Crippen molar-refractivity contribution >= 4 is 6.09 Å². The van der Waals surface area contributed by atoms with E-state index in [9.17, 15) is 4.79 Å². The van der Waals surface area contributed by atoms with Crippen LogP contribution in [0.5, 0.6) is 0 Å². The maximum absolute atomic E-state index is 11.4. The third kappa shape index (κ3) is 4.66. The molecule has 4 nitrogen and oxygen atoms in total. The van der Waals surface area contributed by atoms with E-state index >= 15 is 0 Å². The van der Waals surface area contributed by atoms with E-state index in [2.05, 4.69) is 23.6 Å². The van der Waals surface area contributed by atoms with Gasteiger partial charge in [0, 0.05) is 12.6 Å². The van der Waals surface area contributed by atoms with E-state index in [1.165, 1.54) is 5.57 Å². The number of nitrogens with one attached hydrogen (secondary N) is 2. The van der Waals surface area contributed by atoms with Crippen molar-refractivity contribution in [1.29, 1.82) is 0 Å². The number of alkyl carbamates (subject to hydrolysis) is 1. The molecule has 0 aromatic rings. The van der Waals surface area contributed by atoms with E-state index in [4.69, 9.17) is 4.74 Å². The van der Waals surface area contributed by atoms with Crippen LogP contribution in [-0.2, 0) is 4.74 Å². The van der Waals surface area contributed by atoms with Crippen LogP contribution < -0.4 is 10.6 Å². The SMILES string of the molecule is CC1=CCCN[C@@H]1CNC(=O)OC(C)(C)C. The van der Waals surface area contributed by atoms with Gasteiger partial charge in [-0.25, -0.2) is 4.79 Å². The Kier molecular flexibility index (Phi) is 4.35. The van der Waals surface area contributed by atoms with Gasteiger partial charge in [0.1, 0.15) is 5.60 Å². The summed E-state index contributed by atoms with van der Waals surface area (Å²) in [6.07, 6.45) is 2.92. The summed E-state index contributed by atoms with van der Waals surface area (Å²) in [5, 5.41) is 6.12. The first-order chi connectivity index (χ1) is 7.38. The number of carbonyl (C=O) groups is 1. The highest BCUT2D eigenvalue weighted by Crippen LogP contribution is 2.09. The summed E-state index contributed by atoms with van der Waals surface area (Å²) in [4.78, 5) is 11.4. The molecule has 1 rings (SSSR count). The zero-order chi connectivity index (χ0) is 12.2. The summed E-state index contributed by atoms with van der Waals surface area (Å²) in [6.45, 7) is 9.20. The Hall–Kier alpha value is -1.03. The van der Waals surface area contributed by atoms with Gasteiger partial charge in [-0.2, -0.15) is 0 Å². The Morgan fingerprint density at radius 3 is 2.88 bits per heavy atom. The number of ether oxygens (including phenoxy) is 1. The second-order valence-corrected chi connectivity index (χ2v) is 5.13. The molecule has 0 fully saturated rings. The lowest BCUT2D eigenvalue weighted by Crippen LogP contribution is -2.44. The molecule has 1 amide bonds. The number of hydrogen-bond donors (Lipinski definition) is 2. The monoisotopic (exact) mass is 226 g/mol.